The van der Waals surface area contributed by atoms with E-state index in [1.165, 1.54) is 6.07 Å². The van der Waals surface area contributed by atoms with Crippen molar-refractivity contribution in [3.63, 3.8) is 0 Å². The molecule has 1 N–H and O–H groups in total. The molecule has 0 fully saturated rings. The summed E-state index contributed by atoms with van der Waals surface area (Å²) in [7, 11) is 0. The summed E-state index contributed by atoms with van der Waals surface area (Å²) in [4.78, 5) is 6.98. The lowest BCUT2D eigenvalue weighted by atomic mass is 10.2. The van der Waals surface area contributed by atoms with Crippen molar-refractivity contribution in [3.8, 4) is 11.5 Å². The highest BCUT2D eigenvalue weighted by Gasteiger charge is 2.30. The minimum Gasteiger partial charge on any atom is -0.361 e. The Balaban J connectivity index is 2.11. The van der Waals surface area contributed by atoms with Crippen LogP contribution in [0.25, 0.3) is 22.6 Å². The molecule has 0 aliphatic heterocycles. The Morgan fingerprint density at radius 3 is 2.63 bits per heavy atom. The quantitative estimate of drug-likeness (QED) is 0.733. The van der Waals surface area contributed by atoms with E-state index >= 15 is 0 Å². The van der Waals surface area contributed by atoms with Gasteiger partial charge in [-0.2, -0.15) is 13.2 Å². The zero-order valence-electron chi connectivity index (χ0n) is 9.75. The van der Waals surface area contributed by atoms with Gasteiger partial charge in [0.1, 0.15) is 11.5 Å². The summed E-state index contributed by atoms with van der Waals surface area (Å²) in [6.45, 7) is 1.72. The van der Waals surface area contributed by atoms with Gasteiger partial charge < -0.3 is 9.51 Å². The van der Waals surface area contributed by atoms with Crippen LogP contribution < -0.4 is 0 Å². The maximum Gasteiger partial charge on any atom is 0.416 e. The van der Waals surface area contributed by atoms with Crippen LogP contribution in [0.15, 0.2) is 28.8 Å². The maximum absolute atomic E-state index is 12.6. The third-order valence-electron chi connectivity index (χ3n) is 2.68. The molecule has 19 heavy (non-hydrogen) atoms. The highest BCUT2D eigenvalue weighted by atomic mass is 19.4. The first-order valence-electron chi connectivity index (χ1n) is 5.44. The molecule has 0 atom stereocenters. The van der Waals surface area contributed by atoms with E-state index in [9.17, 15) is 13.2 Å². The summed E-state index contributed by atoms with van der Waals surface area (Å²) in [5.41, 5.74) is 0.503. The molecule has 0 saturated heterocycles. The fourth-order valence-electron chi connectivity index (χ4n) is 1.79. The van der Waals surface area contributed by atoms with Crippen molar-refractivity contribution in [2.45, 2.75) is 13.1 Å². The van der Waals surface area contributed by atoms with E-state index in [-0.39, 0.29) is 0 Å². The second-order valence-electron chi connectivity index (χ2n) is 4.14. The van der Waals surface area contributed by atoms with Crippen LogP contribution in [0.5, 0.6) is 0 Å². The number of imidazole rings is 1. The lowest BCUT2D eigenvalue weighted by molar-refractivity contribution is -0.137. The smallest absolute Gasteiger partial charge is 0.361 e. The van der Waals surface area contributed by atoms with E-state index < -0.39 is 11.7 Å². The molecule has 0 aliphatic carbocycles. The maximum atomic E-state index is 12.6. The molecule has 7 heteroatoms. The molecule has 0 aliphatic rings. The van der Waals surface area contributed by atoms with Gasteiger partial charge in [0.2, 0.25) is 0 Å². The van der Waals surface area contributed by atoms with Gasteiger partial charge in [0.15, 0.2) is 5.82 Å². The van der Waals surface area contributed by atoms with Gasteiger partial charge in [-0.15, -0.1) is 0 Å². The molecule has 3 aromatic rings. The fourth-order valence-corrected chi connectivity index (χ4v) is 1.79. The van der Waals surface area contributed by atoms with Gasteiger partial charge in [0, 0.05) is 6.07 Å². The van der Waals surface area contributed by atoms with Crippen LogP contribution in [0.1, 0.15) is 11.3 Å². The predicted octanol–water partition coefficient (Wildman–Crippen LogP) is 3.55. The number of aromatic amines is 1. The van der Waals surface area contributed by atoms with E-state index in [1.807, 2.05) is 0 Å². The van der Waals surface area contributed by atoms with Gasteiger partial charge in [0.25, 0.3) is 0 Å². The van der Waals surface area contributed by atoms with Crippen molar-refractivity contribution in [1.82, 2.24) is 15.1 Å². The first-order valence-corrected chi connectivity index (χ1v) is 5.44. The monoisotopic (exact) mass is 267 g/mol. The Labute approximate surface area is 105 Å². The van der Waals surface area contributed by atoms with E-state index in [0.29, 0.717) is 28.3 Å². The van der Waals surface area contributed by atoms with Crippen molar-refractivity contribution in [1.29, 1.82) is 0 Å². The Morgan fingerprint density at radius 2 is 2.00 bits per heavy atom. The summed E-state index contributed by atoms with van der Waals surface area (Å²) in [6.07, 6.45) is -4.37. The summed E-state index contributed by atoms with van der Waals surface area (Å²) in [5.74, 6) is 0.984. The molecule has 2 heterocycles. The topological polar surface area (TPSA) is 54.7 Å². The number of aromatic nitrogens is 3. The van der Waals surface area contributed by atoms with E-state index in [4.69, 9.17) is 4.52 Å². The largest absolute Gasteiger partial charge is 0.416 e. The Hall–Kier alpha value is -2.31. The van der Waals surface area contributed by atoms with Crippen LogP contribution in [-0.4, -0.2) is 15.1 Å². The minimum absolute atomic E-state index is 0.311. The number of aryl methyl sites for hydroxylation is 1. The second kappa shape index (κ2) is 3.84. The van der Waals surface area contributed by atoms with Gasteiger partial charge in [-0.1, -0.05) is 5.16 Å². The van der Waals surface area contributed by atoms with Gasteiger partial charge >= 0.3 is 6.18 Å². The van der Waals surface area contributed by atoms with Gasteiger partial charge in [0.05, 0.1) is 16.6 Å². The molecule has 0 amide bonds. The minimum atomic E-state index is -4.37. The highest BCUT2D eigenvalue weighted by molar-refractivity contribution is 5.79. The average molecular weight is 267 g/mol. The number of alkyl halides is 3. The molecular weight excluding hydrogens is 259 g/mol. The van der Waals surface area contributed by atoms with Crippen LogP contribution >= 0.6 is 0 Å². The highest BCUT2D eigenvalue weighted by Crippen LogP contribution is 2.31. The first kappa shape index (κ1) is 11.8. The zero-order chi connectivity index (χ0) is 13.6. The standard InChI is InChI=1S/C12H8F3N3O/c1-6-4-10(18-19-6)11-16-8-3-2-7(12(13,14)15)5-9(8)17-11/h2-5H,1H3,(H,16,17). The number of H-pyrrole nitrogens is 1. The van der Waals surface area contributed by atoms with Crippen molar-refractivity contribution >= 4 is 11.0 Å². The summed E-state index contributed by atoms with van der Waals surface area (Å²) in [6, 6.07) is 5.01. The second-order valence-corrected chi connectivity index (χ2v) is 4.14. The number of hydrogen-bond acceptors (Lipinski definition) is 3. The summed E-state index contributed by atoms with van der Waals surface area (Å²) >= 11 is 0. The van der Waals surface area contributed by atoms with Crippen LogP contribution in [0.2, 0.25) is 0 Å². The molecule has 3 rings (SSSR count). The third-order valence-corrected chi connectivity index (χ3v) is 2.68. The molecule has 1 aromatic carbocycles. The number of fused-ring (bicyclic) bond motifs is 1. The molecule has 98 valence electrons. The zero-order valence-corrected chi connectivity index (χ0v) is 9.75. The number of nitrogens with zero attached hydrogens (tertiary/aromatic N) is 2. The molecule has 0 spiro atoms. The van der Waals surface area contributed by atoms with Crippen molar-refractivity contribution < 1.29 is 17.7 Å². The van der Waals surface area contributed by atoms with Crippen LogP contribution in [-0.2, 0) is 6.18 Å². The van der Waals surface area contributed by atoms with Crippen molar-refractivity contribution in [2.24, 2.45) is 0 Å². The molecule has 4 nitrogen and oxygen atoms in total. The van der Waals surface area contributed by atoms with Gasteiger partial charge in [-0.25, -0.2) is 4.98 Å². The molecule has 0 radical (unpaired) electrons. The number of hydrogen-bond donors (Lipinski definition) is 1. The molecule has 0 saturated carbocycles. The molecule has 2 aromatic heterocycles. The number of halogens is 3. The van der Waals surface area contributed by atoms with Crippen LogP contribution in [0.4, 0.5) is 13.2 Å². The Kier molecular flexibility index (Phi) is 2.38. The average Bonchev–Trinajstić information content (AvgIpc) is 2.92. The van der Waals surface area contributed by atoms with Gasteiger partial charge in [-0.3, -0.25) is 0 Å². The van der Waals surface area contributed by atoms with Gasteiger partial charge in [-0.05, 0) is 25.1 Å². The first-order chi connectivity index (χ1) is 8.93. The lowest BCUT2D eigenvalue weighted by Crippen LogP contribution is -2.04. The number of rotatable bonds is 1. The molecular formula is C12H8F3N3O. The molecule has 0 unspecified atom stereocenters. The van der Waals surface area contributed by atoms with E-state index in [0.717, 1.165) is 12.1 Å². The lowest BCUT2D eigenvalue weighted by Gasteiger charge is -2.05. The summed E-state index contributed by atoms with van der Waals surface area (Å²) in [5, 5.41) is 3.76. The SMILES string of the molecule is Cc1cc(-c2nc3ccc(C(F)(F)F)cc3[nH]2)no1. The Bertz CT molecular complexity index is 742. The van der Waals surface area contributed by atoms with Crippen LogP contribution in [0, 0.1) is 6.92 Å². The van der Waals surface area contributed by atoms with E-state index in [2.05, 4.69) is 15.1 Å². The number of benzene rings is 1. The Morgan fingerprint density at radius 1 is 1.21 bits per heavy atom. The summed E-state index contributed by atoms with van der Waals surface area (Å²) < 4.78 is 42.7. The van der Waals surface area contributed by atoms with Crippen molar-refractivity contribution in [3.05, 3.63) is 35.6 Å². The third kappa shape index (κ3) is 2.07. The predicted molar refractivity (Wildman–Crippen MR) is 61.3 cm³/mol. The van der Waals surface area contributed by atoms with Crippen LogP contribution in [0.3, 0.4) is 0 Å². The molecule has 0 bridgehead atoms. The number of nitrogens with one attached hydrogen (secondary N) is 1. The normalized spacial score (nSPS) is 12.2. The van der Waals surface area contributed by atoms with E-state index in [1.54, 1.807) is 13.0 Å². The fraction of sp³-hybridized carbons (Fsp3) is 0.167. The van der Waals surface area contributed by atoms with Crippen molar-refractivity contribution in [2.75, 3.05) is 0 Å².